The number of ether oxygens (including phenoxy) is 1. The number of benzene rings is 1. The number of carbonyl (C=O) groups excluding carboxylic acids is 1. The Morgan fingerprint density at radius 1 is 1.52 bits per heavy atom. The summed E-state index contributed by atoms with van der Waals surface area (Å²) in [4.78, 5) is 11.5. The van der Waals surface area contributed by atoms with Crippen molar-refractivity contribution in [1.29, 1.82) is 0 Å². The van der Waals surface area contributed by atoms with Crippen molar-refractivity contribution in [2.75, 3.05) is 6.61 Å². The van der Waals surface area contributed by atoms with Crippen molar-refractivity contribution in [2.45, 2.75) is 36.8 Å². The van der Waals surface area contributed by atoms with Gasteiger partial charge in [-0.2, -0.15) is 0 Å². The van der Waals surface area contributed by atoms with Gasteiger partial charge in [-0.3, -0.25) is 4.79 Å². The number of rotatable bonds is 3. The molecule has 2 unspecified atom stereocenters. The van der Waals surface area contributed by atoms with Crippen LogP contribution in [0.3, 0.4) is 0 Å². The Kier molecular flexibility index (Phi) is 4.28. The molecule has 1 aromatic carbocycles. The zero-order chi connectivity index (χ0) is 15.8. The summed E-state index contributed by atoms with van der Waals surface area (Å²) in [6.45, 7) is 4.21. The van der Waals surface area contributed by atoms with Crippen molar-refractivity contribution in [2.24, 2.45) is 0 Å². The standard InChI is InChI=1S/C13H15ClFNO4S/c1-8-13(2,5-6-20-8)16-12(17)9-3-4-10(15)11(7-9)21(14,18)19/h3-4,7-8H,5-6H2,1-2H3,(H,16,17). The molecule has 1 saturated heterocycles. The summed E-state index contributed by atoms with van der Waals surface area (Å²) in [7, 11) is 0.892. The van der Waals surface area contributed by atoms with Crippen LogP contribution in [0.25, 0.3) is 0 Å². The number of nitrogens with one attached hydrogen (secondary N) is 1. The van der Waals surface area contributed by atoms with Crippen LogP contribution in [-0.4, -0.2) is 32.6 Å². The van der Waals surface area contributed by atoms with Gasteiger partial charge < -0.3 is 10.1 Å². The van der Waals surface area contributed by atoms with Crippen LogP contribution in [-0.2, 0) is 13.8 Å². The SMILES string of the molecule is CC1OCCC1(C)NC(=O)c1ccc(F)c(S(=O)(=O)Cl)c1. The predicted molar refractivity (Wildman–Crippen MR) is 75.3 cm³/mol. The molecule has 0 bridgehead atoms. The first-order valence-electron chi connectivity index (χ1n) is 6.32. The van der Waals surface area contributed by atoms with Crippen LogP contribution in [0.2, 0.25) is 0 Å². The van der Waals surface area contributed by atoms with Gasteiger partial charge in [-0.15, -0.1) is 0 Å². The van der Waals surface area contributed by atoms with Crippen molar-refractivity contribution in [3.63, 3.8) is 0 Å². The maximum absolute atomic E-state index is 13.5. The lowest BCUT2D eigenvalue weighted by atomic mass is 9.94. The first-order valence-corrected chi connectivity index (χ1v) is 8.63. The minimum atomic E-state index is -4.25. The molecular formula is C13H15ClFNO4S. The van der Waals surface area contributed by atoms with Crippen molar-refractivity contribution in [1.82, 2.24) is 5.32 Å². The van der Waals surface area contributed by atoms with Crippen LogP contribution in [0.5, 0.6) is 0 Å². The van der Waals surface area contributed by atoms with E-state index in [0.717, 1.165) is 12.1 Å². The number of hydrogen-bond acceptors (Lipinski definition) is 4. The molecule has 2 rings (SSSR count). The Labute approximate surface area is 126 Å². The second-order valence-electron chi connectivity index (χ2n) is 5.22. The molecule has 0 radical (unpaired) electrons. The van der Waals surface area contributed by atoms with Crippen LogP contribution < -0.4 is 5.32 Å². The zero-order valence-electron chi connectivity index (χ0n) is 11.5. The van der Waals surface area contributed by atoms with Crippen LogP contribution >= 0.6 is 10.7 Å². The molecule has 8 heteroatoms. The van der Waals surface area contributed by atoms with Crippen LogP contribution in [0.15, 0.2) is 23.1 Å². The lowest BCUT2D eigenvalue weighted by Gasteiger charge is -2.28. The molecule has 1 aliphatic heterocycles. The lowest BCUT2D eigenvalue weighted by molar-refractivity contribution is 0.0727. The number of amides is 1. The monoisotopic (exact) mass is 335 g/mol. The number of carbonyl (C=O) groups is 1. The predicted octanol–water partition coefficient (Wildman–Crippen LogP) is 2.05. The second-order valence-corrected chi connectivity index (χ2v) is 7.75. The van der Waals surface area contributed by atoms with Gasteiger partial charge in [0.15, 0.2) is 0 Å². The van der Waals surface area contributed by atoms with Crippen molar-refractivity contribution in [3.05, 3.63) is 29.6 Å². The van der Waals surface area contributed by atoms with Crippen molar-refractivity contribution in [3.8, 4) is 0 Å². The Hall–Kier alpha value is -1.18. The normalized spacial score (nSPS) is 25.8. The van der Waals surface area contributed by atoms with E-state index < -0.39 is 31.2 Å². The van der Waals surface area contributed by atoms with Gasteiger partial charge in [0.05, 0.1) is 11.6 Å². The van der Waals surface area contributed by atoms with E-state index >= 15 is 0 Å². The molecule has 0 saturated carbocycles. The minimum Gasteiger partial charge on any atom is -0.376 e. The molecule has 21 heavy (non-hydrogen) atoms. The third-order valence-corrected chi connectivity index (χ3v) is 5.08. The van der Waals surface area contributed by atoms with Crippen molar-refractivity contribution < 1.29 is 22.3 Å². The Morgan fingerprint density at radius 3 is 2.71 bits per heavy atom. The quantitative estimate of drug-likeness (QED) is 0.858. The minimum absolute atomic E-state index is 0.0240. The molecule has 5 nitrogen and oxygen atoms in total. The molecule has 1 aromatic rings. The highest BCUT2D eigenvalue weighted by Gasteiger charge is 2.38. The molecule has 1 fully saturated rings. The van der Waals surface area contributed by atoms with Crippen molar-refractivity contribution >= 4 is 25.6 Å². The van der Waals surface area contributed by atoms with E-state index in [0.29, 0.717) is 13.0 Å². The molecule has 0 aromatic heterocycles. The lowest BCUT2D eigenvalue weighted by Crippen LogP contribution is -2.50. The first-order chi connectivity index (χ1) is 9.63. The highest BCUT2D eigenvalue weighted by molar-refractivity contribution is 8.13. The summed E-state index contributed by atoms with van der Waals surface area (Å²) in [6, 6.07) is 3.04. The molecule has 0 spiro atoms. The summed E-state index contributed by atoms with van der Waals surface area (Å²) in [5, 5.41) is 2.80. The Morgan fingerprint density at radius 2 is 2.19 bits per heavy atom. The molecule has 0 aliphatic carbocycles. The van der Waals surface area contributed by atoms with Gasteiger partial charge in [0.2, 0.25) is 0 Å². The van der Waals surface area contributed by atoms with E-state index in [4.69, 9.17) is 15.4 Å². The fourth-order valence-corrected chi connectivity index (χ4v) is 3.09. The van der Waals surface area contributed by atoms with Gasteiger partial charge in [0, 0.05) is 22.9 Å². The van der Waals surface area contributed by atoms with E-state index in [1.54, 1.807) is 0 Å². The van der Waals surface area contributed by atoms with Gasteiger partial charge in [0.1, 0.15) is 10.7 Å². The first kappa shape index (κ1) is 16.2. The van der Waals surface area contributed by atoms with Gasteiger partial charge in [-0.05, 0) is 38.5 Å². The highest BCUT2D eigenvalue weighted by Crippen LogP contribution is 2.26. The molecule has 1 amide bonds. The van der Waals surface area contributed by atoms with Crippen LogP contribution in [0.4, 0.5) is 4.39 Å². The molecule has 1 N–H and O–H groups in total. The topological polar surface area (TPSA) is 72.5 Å². The van der Waals surface area contributed by atoms with Gasteiger partial charge >= 0.3 is 0 Å². The average Bonchev–Trinajstić information content (AvgIpc) is 2.68. The average molecular weight is 336 g/mol. The molecule has 116 valence electrons. The fourth-order valence-electron chi connectivity index (χ4n) is 2.16. The summed E-state index contributed by atoms with van der Waals surface area (Å²) >= 11 is 0. The second kappa shape index (κ2) is 5.55. The van der Waals surface area contributed by atoms with E-state index in [1.807, 2.05) is 13.8 Å². The third kappa shape index (κ3) is 3.36. The maximum atomic E-state index is 13.5. The number of halogens is 2. The van der Waals surface area contributed by atoms with Crippen LogP contribution in [0.1, 0.15) is 30.6 Å². The maximum Gasteiger partial charge on any atom is 0.264 e. The van der Waals surface area contributed by atoms with Gasteiger partial charge in [0.25, 0.3) is 15.0 Å². The fraction of sp³-hybridized carbons (Fsp3) is 0.462. The zero-order valence-corrected chi connectivity index (χ0v) is 13.1. The van der Waals surface area contributed by atoms with Gasteiger partial charge in [-0.25, -0.2) is 12.8 Å². The van der Waals surface area contributed by atoms with E-state index in [-0.39, 0.29) is 11.7 Å². The smallest absolute Gasteiger partial charge is 0.264 e. The summed E-state index contributed by atoms with van der Waals surface area (Å²) in [6.07, 6.45) is 0.472. The summed E-state index contributed by atoms with van der Waals surface area (Å²) < 4.78 is 41.4. The molecule has 1 heterocycles. The van der Waals surface area contributed by atoms with E-state index in [2.05, 4.69) is 5.32 Å². The van der Waals surface area contributed by atoms with Crippen LogP contribution in [0, 0.1) is 5.82 Å². The third-order valence-electron chi connectivity index (χ3n) is 3.74. The summed E-state index contributed by atoms with van der Waals surface area (Å²) in [5.74, 6) is -1.50. The highest BCUT2D eigenvalue weighted by atomic mass is 35.7. The largest absolute Gasteiger partial charge is 0.376 e. The summed E-state index contributed by atoms with van der Waals surface area (Å²) in [5.41, 5.74) is -0.526. The Balaban J connectivity index is 2.29. The Bertz CT molecular complexity index is 679. The molecular weight excluding hydrogens is 321 g/mol. The van der Waals surface area contributed by atoms with Gasteiger partial charge in [-0.1, -0.05) is 0 Å². The van der Waals surface area contributed by atoms with E-state index in [9.17, 15) is 17.6 Å². The molecule has 1 aliphatic rings. The number of hydrogen-bond donors (Lipinski definition) is 1. The van der Waals surface area contributed by atoms with E-state index in [1.165, 1.54) is 6.07 Å². The molecule has 2 atom stereocenters.